The molecule has 1 saturated heterocycles. The van der Waals surface area contributed by atoms with E-state index in [1.54, 1.807) is 18.2 Å². The number of hydrogen-bond donors (Lipinski definition) is 0. The van der Waals surface area contributed by atoms with E-state index in [1.165, 1.54) is 6.07 Å². The van der Waals surface area contributed by atoms with Crippen LogP contribution in [0.5, 0.6) is 0 Å². The van der Waals surface area contributed by atoms with Gasteiger partial charge in [0.2, 0.25) is 0 Å². The molecule has 96 valence electrons. The number of ether oxygens (including phenoxy) is 2. The summed E-state index contributed by atoms with van der Waals surface area (Å²) in [4.78, 5) is 10.6. The Bertz CT molecular complexity index is 448. The molecule has 2 atom stereocenters. The van der Waals surface area contributed by atoms with E-state index in [9.17, 15) is 10.1 Å². The summed E-state index contributed by atoms with van der Waals surface area (Å²) in [5.41, 5.74) is 0.595. The smallest absolute Gasteiger partial charge is 0.277 e. The van der Waals surface area contributed by atoms with Crippen LogP contribution in [0.15, 0.2) is 24.3 Å². The predicted molar refractivity (Wildman–Crippen MR) is 64.1 cm³/mol. The van der Waals surface area contributed by atoms with Gasteiger partial charge in [0.25, 0.3) is 5.69 Å². The van der Waals surface area contributed by atoms with Gasteiger partial charge >= 0.3 is 0 Å². The molecule has 5 heteroatoms. The highest BCUT2D eigenvalue weighted by atomic mass is 16.7. The number of benzene rings is 1. The molecule has 0 unspecified atom stereocenters. The van der Waals surface area contributed by atoms with Gasteiger partial charge in [-0.05, 0) is 18.9 Å². The van der Waals surface area contributed by atoms with Gasteiger partial charge in [0, 0.05) is 6.07 Å². The van der Waals surface area contributed by atoms with E-state index in [4.69, 9.17) is 9.47 Å². The zero-order valence-corrected chi connectivity index (χ0v) is 9.95. The Morgan fingerprint density at radius 2 is 1.72 bits per heavy atom. The number of nitro benzene ring substituents is 1. The molecule has 1 aromatic rings. The Balaban J connectivity index is 1.85. The van der Waals surface area contributed by atoms with Crippen molar-refractivity contribution in [2.24, 2.45) is 0 Å². The summed E-state index contributed by atoms with van der Waals surface area (Å²) in [5.74, 6) is 0. The molecular formula is C13H15NO4. The fourth-order valence-corrected chi connectivity index (χ4v) is 2.72. The minimum absolute atomic E-state index is 0.0705. The maximum absolute atomic E-state index is 11.0. The Kier molecular flexibility index (Phi) is 3.01. The van der Waals surface area contributed by atoms with E-state index < -0.39 is 6.29 Å². The van der Waals surface area contributed by atoms with Crippen LogP contribution in [-0.4, -0.2) is 17.1 Å². The molecule has 2 aliphatic rings. The number of nitro groups is 1. The second kappa shape index (κ2) is 4.66. The molecule has 0 bridgehead atoms. The molecule has 3 rings (SSSR count). The first-order valence-electron chi connectivity index (χ1n) is 6.30. The second-order valence-corrected chi connectivity index (χ2v) is 4.78. The third kappa shape index (κ3) is 2.00. The first kappa shape index (κ1) is 11.6. The largest absolute Gasteiger partial charge is 0.342 e. The van der Waals surface area contributed by atoms with Crippen LogP contribution in [0.3, 0.4) is 0 Å². The minimum Gasteiger partial charge on any atom is -0.342 e. The van der Waals surface area contributed by atoms with Crippen LogP contribution in [0.1, 0.15) is 37.5 Å². The van der Waals surface area contributed by atoms with Crippen molar-refractivity contribution < 1.29 is 14.4 Å². The summed E-state index contributed by atoms with van der Waals surface area (Å²) in [6, 6.07) is 6.63. The zero-order chi connectivity index (χ0) is 12.5. The standard InChI is InChI=1S/C13H15NO4/c15-14(16)10-6-2-1-5-9(10)13-17-11-7-3-4-8-12(11)18-13/h1-2,5-6,11-13H,3-4,7-8H2/t11-,12-/m1/s1. The maximum Gasteiger partial charge on any atom is 0.277 e. The highest BCUT2D eigenvalue weighted by molar-refractivity contribution is 5.40. The van der Waals surface area contributed by atoms with E-state index in [1.807, 2.05) is 0 Å². The molecule has 18 heavy (non-hydrogen) atoms. The van der Waals surface area contributed by atoms with Gasteiger partial charge in [0.15, 0.2) is 6.29 Å². The summed E-state index contributed by atoms with van der Waals surface area (Å²) in [5, 5.41) is 11.0. The Hall–Kier alpha value is -1.46. The molecule has 0 radical (unpaired) electrons. The molecule has 0 aromatic heterocycles. The minimum atomic E-state index is -0.584. The van der Waals surface area contributed by atoms with Gasteiger partial charge in [0.05, 0.1) is 22.7 Å². The van der Waals surface area contributed by atoms with Gasteiger partial charge in [-0.15, -0.1) is 0 Å². The third-order valence-corrected chi connectivity index (χ3v) is 3.63. The van der Waals surface area contributed by atoms with Gasteiger partial charge in [-0.2, -0.15) is 0 Å². The first-order valence-corrected chi connectivity index (χ1v) is 6.30. The molecular weight excluding hydrogens is 234 g/mol. The number of fused-ring (bicyclic) bond motifs is 1. The van der Waals surface area contributed by atoms with E-state index in [-0.39, 0.29) is 22.8 Å². The van der Waals surface area contributed by atoms with Crippen molar-refractivity contribution in [2.45, 2.75) is 44.2 Å². The van der Waals surface area contributed by atoms with Gasteiger partial charge in [-0.3, -0.25) is 10.1 Å². The van der Waals surface area contributed by atoms with E-state index in [0.717, 1.165) is 25.7 Å². The summed E-state index contributed by atoms with van der Waals surface area (Å²) in [6.45, 7) is 0. The highest BCUT2D eigenvalue weighted by Crippen LogP contribution is 2.40. The van der Waals surface area contributed by atoms with Crippen LogP contribution in [0.4, 0.5) is 5.69 Å². The van der Waals surface area contributed by atoms with E-state index in [2.05, 4.69) is 0 Å². The molecule has 0 spiro atoms. The Morgan fingerprint density at radius 1 is 1.11 bits per heavy atom. The van der Waals surface area contributed by atoms with Gasteiger partial charge in [-0.25, -0.2) is 0 Å². The summed E-state index contributed by atoms with van der Waals surface area (Å²) < 4.78 is 11.6. The second-order valence-electron chi connectivity index (χ2n) is 4.78. The first-order chi connectivity index (χ1) is 8.75. The molecule has 0 amide bonds. The third-order valence-electron chi connectivity index (χ3n) is 3.63. The van der Waals surface area contributed by atoms with Crippen molar-refractivity contribution >= 4 is 5.69 Å². The van der Waals surface area contributed by atoms with Crippen molar-refractivity contribution in [3.8, 4) is 0 Å². The SMILES string of the molecule is O=[N+]([O-])c1ccccc1C1O[C@@H]2CCCC[C@H]2O1. The Labute approximate surface area is 105 Å². The van der Waals surface area contributed by atoms with Crippen molar-refractivity contribution in [3.05, 3.63) is 39.9 Å². The van der Waals surface area contributed by atoms with Crippen LogP contribution < -0.4 is 0 Å². The lowest BCUT2D eigenvalue weighted by Crippen LogP contribution is -2.25. The normalized spacial score (nSPS) is 28.0. The van der Waals surface area contributed by atoms with Crippen molar-refractivity contribution in [3.63, 3.8) is 0 Å². The van der Waals surface area contributed by atoms with Crippen LogP contribution >= 0.6 is 0 Å². The van der Waals surface area contributed by atoms with E-state index in [0.29, 0.717) is 5.56 Å². The van der Waals surface area contributed by atoms with Crippen molar-refractivity contribution in [1.29, 1.82) is 0 Å². The van der Waals surface area contributed by atoms with Crippen LogP contribution in [-0.2, 0) is 9.47 Å². The maximum atomic E-state index is 11.0. The Morgan fingerprint density at radius 3 is 2.33 bits per heavy atom. The van der Waals surface area contributed by atoms with E-state index >= 15 is 0 Å². The van der Waals surface area contributed by atoms with Crippen LogP contribution in [0.2, 0.25) is 0 Å². The monoisotopic (exact) mass is 249 g/mol. The van der Waals surface area contributed by atoms with Gasteiger partial charge in [0.1, 0.15) is 0 Å². The molecule has 1 aliphatic carbocycles. The fourth-order valence-electron chi connectivity index (χ4n) is 2.72. The number of para-hydroxylation sites is 1. The molecule has 2 fully saturated rings. The molecule has 1 aromatic carbocycles. The lowest BCUT2D eigenvalue weighted by atomic mass is 9.95. The predicted octanol–water partition coefficient (Wildman–Crippen LogP) is 2.95. The quantitative estimate of drug-likeness (QED) is 0.597. The average Bonchev–Trinajstić information content (AvgIpc) is 2.82. The highest BCUT2D eigenvalue weighted by Gasteiger charge is 2.40. The molecule has 1 aliphatic heterocycles. The van der Waals surface area contributed by atoms with Crippen molar-refractivity contribution in [2.75, 3.05) is 0 Å². The lowest BCUT2D eigenvalue weighted by molar-refractivity contribution is -0.386. The molecule has 1 saturated carbocycles. The summed E-state index contributed by atoms with van der Waals surface area (Å²) >= 11 is 0. The lowest BCUT2D eigenvalue weighted by Gasteiger charge is -2.21. The number of rotatable bonds is 2. The number of hydrogen-bond acceptors (Lipinski definition) is 4. The van der Waals surface area contributed by atoms with Crippen LogP contribution in [0.25, 0.3) is 0 Å². The zero-order valence-electron chi connectivity index (χ0n) is 9.95. The summed E-state index contributed by atoms with van der Waals surface area (Å²) in [7, 11) is 0. The van der Waals surface area contributed by atoms with Crippen LogP contribution in [0, 0.1) is 10.1 Å². The average molecular weight is 249 g/mol. The van der Waals surface area contributed by atoms with Crippen molar-refractivity contribution in [1.82, 2.24) is 0 Å². The van der Waals surface area contributed by atoms with Gasteiger partial charge < -0.3 is 9.47 Å². The fraction of sp³-hybridized carbons (Fsp3) is 0.538. The number of nitrogens with zero attached hydrogens (tertiary/aromatic N) is 1. The molecule has 5 nitrogen and oxygen atoms in total. The summed E-state index contributed by atoms with van der Waals surface area (Å²) in [6.07, 6.45) is 3.89. The topological polar surface area (TPSA) is 61.6 Å². The van der Waals surface area contributed by atoms with Gasteiger partial charge in [-0.1, -0.05) is 25.0 Å². The molecule has 0 N–H and O–H groups in total. The molecule has 1 heterocycles.